The maximum atomic E-state index is 12.0. The van der Waals surface area contributed by atoms with Gasteiger partial charge in [0.2, 0.25) is 0 Å². The fourth-order valence-corrected chi connectivity index (χ4v) is 1.93. The Hall–Kier alpha value is -2.41. The van der Waals surface area contributed by atoms with Gasteiger partial charge in [0.05, 0.1) is 19.4 Å². The molecule has 0 atom stereocenters. The Morgan fingerprint density at radius 1 is 1.20 bits per heavy atom. The lowest BCUT2D eigenvalue weighted by molar-refractivity contribution is 0.0249. The predicted molar refractivity (Wildman–Crippen MR) is 69.8 cm³/mol. The molecule has 0 aromatic carbocycles. The molecule has 2 aromatic rings. The number of morpholine rings is 1. The lowest BCUT2D eigenvalue weighted by Gasteiger charge is -2.25. The van der Waals surface area contributed by atoms with E-state index in [1.165, 1.54) is 4.73 Å². The molecule has 20 heavy (non-hydrogen) atoms. The van der Waals surface area contributed by atoms with Crippen LogP contribution in [0, 0.1) is 0 Å². The minimum Gasteiger partial charge on any atom is -0.378 e. The Balaban J connectivity index is 1.75. The highest BCUT2D eigenvalue weighted by atomic mass is 16.7. The van der Waals surface area contributed by atoms with E-state index in [1.807, 2.05) is 12.1 Å². The SMILES string of the molecule is O=C(On1ccnc1-c1ccccn1)N1CCOCC1. The van der Waals surface area contributed by atoms with Gasteiger partial charge in [-0.2, -0.15) is 4.73 Å². The minimum absolute atomic E-state index is 0.413. The van der Waals surface area contributed by atoms with Crippen molar-refractivity contribution in [1.82, 2.24) is 19.6 Å². The molecule has 0 spiro atoms. The van der Waals surface area contributed by atoms with Crippen molar-refractivity contribution >= 4 is 6.09 Å². The molecule has 0 saturated carbocycles. The van der Waals surface area contributed by atoms with Crippen molar-refractivity contribution in [2.75, 3.05) is 26.3 Å². The fourth-order valence-electron chi connectivity index (χ4n) is 1.93. The highest BCUT2D eigenvalue weighted by Crippen LogP contribution is 2.13. The maximum Gasteiger partial charge on any atom is 0.434 e. The molecule has 3 heterocycles. The molecule has 0 aliphatic carbocycles. The Labute approximate surface area is 115 Å². The molecule has 2 aromatic heterocycles. The summed E-state index contributed by atoms with van der Waals surface area (Å²) in [6.45, 7) is 2.14. The average Bonchev–Trinajstić information content (AvgIpc) is 2.97. The number of rotatable bonds is 2. The van der Waals surface area contributed by atoms with E-state index >= 15 is 0 Å². The van der Waals surface area contributed by atoms with Crippen LogP contribution >= 0.6 is 0 Å². The number of ether oxygens (including phenoxy) is 1. The molecular weight excluding hydrogens is 260 g/mol. The summed E-state index contributed by atoms with van der Waals surface area (Å²) in [5.74, 6) is 0.493. The molecule has 0 N–H and O–H groups in total. The van der Waals surface area contributed by atoms with Gasteiger partial charge in [-0.1, -0.05) is 6.07 Å². The van der Waals surface area contributed by atoms with Crippen LogP contribution in [0.2, 0.25) is 0 Å². The molecule has 1 saturated heterocycles. The molecule has 1 aliphatic rings. The zero-order valence-corrected chi connectivity index (χ0v) is 10.8. The van der Waals surface area contributed by atoms with E-state index in [0.717, 1.165) is 0 Å². The molecule has 7 nitrogen and oxygen atoms in total. The first kappa shape index (κ1) is 12.6. The quantitative estimate of drug-likeness (QED) is 0.811. The Morgan fingerprint density at radius 2 is 2.05 bits per heavy atom. The van der Waals surface area contributed by atoms with Crippen molar-refractivity contribution in [3.63, 3.8) is 0 Å². The van der Waals surface area contributed by atoms with Gasteiger partial charge in [-0.05, 0) is 12.1 Å². The third-order valence-corrected chi connectivity index (χ3v) is 2.95. The summed E-state index contributed by atoms with van der Waals surface area (Å²) in [6, 6.07) is 5.48. The van der Waals surface area contributed by atoms with Crippen LogP contribution in [0.3, 0.4) is 0 Å². The maximum absolute atomic E-state index is 12.0. The first-order chi connectivity index (χ1) is 9.84. The summed E-state index contributed by atoms with van der Waals surface area (Å²) in [4.78, 5) is 27.3. The normalized spacial score (nSPS) is 15.1. The van der Waals surface area contributed by atoms with Gasteiger partial charge in [0.25, 0.3) is 0 Å². The first-order valence-corrected chi connectivity index (χ1v) is 6.34. The van der Waals surface area contributed by atoms with Gasteiger partial charge in [0.15, 0.2) is 5.82 Å². The molecule has 1 aliphatic heterocycles. The lowest BCUT2D eigenvalue weighted by atomic mass is 10.3. The van der Waals surface area contributed by atoms with E-state index in [0.29, 0.717) is 37.8 Å². The number of carbonyl (C=O) groups excluding carboxylic acids is 1. The summed E-state index contributed by atoms with van der Waals surface area (Å²) < 4.78 is 6.53. The predicted octanol–water partition coefficient (Wildman–Crippen LogP) is 0.826. The van der Waals surface area contributed by atoms with Crippen LogP contribution in [0.25, 0.3) is 11.5 Å². The summed E-state index contributed by atoms with van der Waals surface area (Å²) in [7, 11) is 0. The molecule has 104 valence electrons. The first-order valence-electron chi connectivity index (χ1n) is 6.34. The highest BCUT2D eigenvalue weighted by Gasteiger charge is 2.20. The van der Waals surface area contributed by atoms with Crippen molar-refractivity contribution in [2.45, 2.75) is 0 Å². The number of nitrogens with zero attached hydrogens (tertiary/aromatic N) is 4. The Morgan fingerprint density at radius 3 is 2.80 bits per heavy atom. The van der Waals surface area contributed by atoms with Crippen molar-refractivity contribution in [3.05, 3.63) is 36.8 Å². The fraction of sp³-hybridized carbons (Fsp3) is 0.308. The van der Waals surface area contributed by atoms with Gasteiger partial charge < -0.3 is 14.5 Å². The summed E-state index contributed by atoms with van der Waals surface area (Å²) in [5.41, 5.74) is 0.646. The second-order valence-corrected chi connectivity index (χ2v) is 4.25. The number of hydrogen-bond acceptors (Lipinski definition) is 5. The second-order valence-electron chi connectivity index (χ2n) is 4.25. The van der Waals surface area contributed by atoms with E-state index < -0.39 is 6.09 Å². The Bertz CT molecular complexity index is 578. The molecular formula is C13H14N4O3. The minimum atomic E-state index is -0.413. The molecule has 0 unspecified atom stereocenters. The lowest BCUT2D eigenvalue weighted by Crippen LogP contribution is -2.44. The molecule has 0 bridgehead atoms. The van der Waals surface area contributed by atoms with Crippen LogP contribution in [0.1, 0.15) is 0 Å². The highest BCUT2D eigenvalue weighted by molar-refractivity contribution is 5.68. The number of pyridine rings is 1. The monoisotopic (exact) mass is 274 g/mol. The van der Waals surface area contributed by atoms with Gasteiger partial charge in [-0.15, -0.1) is 0 Å². The molecule has 0 radical (unpaired) electrons. The summed E-state index contributed by atoms with van der Waals surface area (Å²) >= 11 is 0. The van der Waals surface area contributed by atoms with Crippen molar-refractivity contribution < 1.29 is 14.4 Å². The van der Waals surface area contributed by atoms with Crippen LogP contribution in [0.4, 0.5) is 4.79 Å². The van der Waals surface area contributed by atoms with Crippen LogP contribution < -0.4 is 4.84 Å². The number of carbonyl (C=O) groups is 1. The number of aromatic nitrogens is 3. The molecule has 1 fully saturated rings. The Kier molecular flexibility index (Phi) is 3.60. The van der Waals surface area contributed by atoms with E-state index in [9.17, 15) is 4.79 Å². The average molecular weight is 274 g/mol. The molecule has 7 heteroatoms. The number of imidazole rings is 1. The van der Waals surface area contributed by atoms with Crippen molar-refractivity contribution in [2.24, 2.45) is 0 Å². The summed E-state index contributed by atoms with van der Waals surface area (Å²) in [6.07, 6.45) is 4.40. The van der Waals surface area contributed by atoms with Gasteiger partial charge in [-0.3, -0.25) is 4.98 Å². The van der Waals surface area contributed by atoms with Gasteiger partial charge in [-0.25, -0.2) is 9.78 Å². The van der Waals surface area contributed by atoms with E-state index in [1.54, 1.807) is 29.6 Å². The third kappa shape index (κ3) is 2.62. The van der Waals surface area contributed by atoms with E-state index in [-0.39, 0.29) is 0 Å². The van der Waals surface area contributed by atoms with E-state index in [4.69, 9.17) is 9.57 Å². The van der Waals surface area contributed by atoms with Crippen LogP contribution in [0.5, 0.6) is 0 Å². The largest absolute Gasteiger partial charge is 0.434 e. The zero-order chi connectivity index (χ0) is 13.8. The number of amides is 1. The van der Waals surface area contributed by atoms with Gasteiger partial charge in [0, 0.05) is 25.5 Å². The van der Waals surface area contributed by atoms with Crippen LogP contribution in [-0.2, 0) is 4.74 Å². The topological polar surface area (TPSA) is 69.5 Å². The van der Waals surface area contributed by atoms with Crippen molar-refractivity contribution in [3.8, 4) is 11.5 Å². The number of hydrogen-bond donors (Lipinski definition) is 0. The second kappa shape index (κ2) is 5.70. The van der Waals surface area contributed by atoms with Crippen LogP contribution in [-0.4, -0.2) is 52.0 Å². The van der Waals surface area contributed by atoms with E-state index in [2.05, 4.69) is 9.97 Å². The third-order valence-electron chi connectivity index (χ3n) is 2.95. The van der Waals surface area contributed by atoms with Gasteiger partial charge in [0.1, 0.15) is 5.69 Å². The van der Waals surface area contributed by atoms with Crippen molar-refractivity contribution in [1.29, 1.82) is 0 Å². The molecule has 3 rings (SSSR count). The molecule has 1 amide bonds. The smallest absolute Gasteiger partial charge is 0.378 e. The zero-order valence-electron chi connectivity index (χ0n) is 10.8. The van der Waals surface area contributed by atoms with Crippen LogP contribution in [0.15, 0.2) is 36.8 Å². The summed E-state index contributed by atoms with van der Waals surface area (Å²) in [5, 5.41) is 0. The van der Waals surface area contributed by atoms with Gasteiger partial charge >= 0.3 is 6.09 Å². The standard InChI is InChI=1S/C13H14N4O3/c18-13(16-7-9-19-10-8-16)20-17-6-5-15-12(17)11-3-1-2-4-14-11/h1-6H,7-10H2.